The Morgan fingerprint density at radius 2 is 1.73 bits per heavy atom. The number of carbonyl (C=O) groups excluding carboxylic acids is 1. The van der Waals surface area contributed by atoms with Crippen LogP contribution in [0.15, 0.2) is 40.6 Å². The Morgan fingerprint density at radius 1 is 1.07 bits per heavy atom. The zero-order chi connectivity index (χ0) is 21.5. The highest BCUT2D eigenvalue weighted by Crippen LogP contribution is 2.35. The van der Waals surface area contributed by atoms with E-state index in [1.54, 1.807) is 23.5 Å². The fourth-order valence-electron chi connectivity index (χ4n) is 4.56. The van der Waals surface area contributed by atoms with Crippen molar-refractivity contribution in [3.8, 4) is 0 Å². The second-order valence-electron chi connectivity index (χ2n) is 8.66. The normalized spacial score (nSPS) is 21.1. The molecule has 0 aliphatic carbocycles. The summed E-state index contributed by atoms with van der Waals surface area (Å²) in [5, 5.41) is 2.10. The van der Waals surface area contributed by atoms with Crippen LogP contribution in [0, 0.1) is 5.92 Å². The van der Waals surface area contributed by atoms with Gasteiger partial charge < -0.3 is 4.90 Å². The molecule has 2 aliphatic rings. The molecule has 30 heavy (non-hydrogen) atoms. The first-order chi connectivity index (χ1) is 14.3. The quantitative estimate of drug-likeness (QED) is 0.699. The molecular formula is C23H30N2O3S2. The number of fused-ring (bicyclic) bond motifs is 1. The number of hydrogen-bond donors (Lipinski definition) is 0. The van der Waals surface area contributed by atoms with E-state index in [9.17, 15) is 13.2 Å². The summed E-state index contributed by atoms with van der Waals surface area (Å²) >= 11 is 1.77. The van der Waals surface area contributed by atoms with Crippen LogP contribution in [0.2, 0.25) is 0 Å². The highest BCUT2D eigenvalue weighted by atomic mass is 32.2. The average Bonchev–Trinajstić information content (AvgIpc) is 3.23. The lowest BCUT2D eigenvalue weighted by atomic mass is 9.93. The molecule has 5 nitrogen and oxygen atoms in total. The molecule has 1 saturated heterocycles. The lowest BCUT2D eigenvalue weighted by Gasteiger charge is -2.38. The Labute approximate surface area is 183 Å². The topological polar surface area (TPSA) is 57.7 Å². The van der Waals surface area contributed by atoms with Gasteiger partial charge in [0.05, 0.1) is 10.9 Å². The summed E-state index contributed by atoms with van der Waals surface area (Å²) in [6.07, 6.45) is 2.09. The van der Waals surface area contributed by atoms with Gasteiger partial charge in [0, 0.05) is 30.4 Å². The van der Waals surface area contributed by atoms with Crippen LogP contribution in [0.3, 0.4) is 0 Å². The number of sulfonamides is 1. The van der Waals surface area contributed by atoms with Crippen LogP contribution in [0.5, 0.6) is 0 Å². The van der Waals surface area contributed by atoms with Gasteiger partial charge in [0.1, 0.15) is 0 Å². The SMILES string of the molecule is CC(C)c1ccc(S(=O)(=O)N2CCC(C(=O)N3CCc4sccc4[C@H]3C)CC2)cc1. The van der Waals surface area contributed by atoms with Crippen molar-refractivity contribution in [2.75, 3.05) is 19.6 Å². The van der Waals surface area contributed by atoms with Gasteiger partial charge >= 0.3 is 0 Å². The molecule has 7 heteroatoms. The summed E-state index contributed by atoms with van der Waals surface area (Å²) in [4.78, 5) is 16.9. The average molecular weight is 447 g/mol. The number of benzene rings is 1. The number of thiophene rings is 1. The monoisotopic (exact) mass is 446 g/mol. The van der Waals surface area contributed by atoms with Gasteiger partial charge in [-0.3, -0.25) is 4.79 Å². The van der Waals surface area contributed by atoms with Crippen LogP contribution < -0.4 is 0 Å². The lowest BCUT2D eigenvalue weighted by molar-refractivity contribution is -0.139. The molecule has 2 aliphatic heterocycles. The van der Waals surface area contributed by atoms with Crippen LogP contribution in [-0.2, 0) is 21.2 Å². The number of hydrogen-bond acceptors (Lipinski definition) is 4. The van der Waals surface area contributed by atoms with E-state index in [2.05, 4.69) is 32.2 Å². The van der Waals surface area contributed by atoms with Crippen molar-refractivity contribution in [3.05, 3.63) is 51.7 Å². The maximum atomic E-state index is 13.2. The molecule has 0 saturated carbocycles. The van der Waals surface area contributed by atoms with E-state index >= 15 is 0 Å². The Bertz CT molecular complexity index is 1000. The first-order valence-electron chi connectivity index (χ1n) is 10.8. The summed E-state index contributed by atoms with van der Waals surface area (Å²) in [5.41, 5.74) is 2.40. The molecule has 1 amide bonds. The highest BCUT2D eigenvalue weighted by molar-refractivity contribution is 7.89. The van der Waals surface area contributed by atoms with E-state index in [4.69, 9.17) is 0 Å². The molecule has 0 N–H and O–H groups in total. The van der Waals surface area contributed by atoms with Crippen LogP contribution in [0.1, 0.15) is 61.6 Å². The second kappa shape index (κ2) is 8.44. The minimum atomic E-state index is -3.51. The van der Waals surface area contributed by atoms with Crippen molar-refractivity contribution in [3.63, 3.8) is 0 Å². The van der Waals surface area contributed by atoms with Gasteiger partial charge in [0.2, 0.25) is 15.9 Å². The van der Waals surface area contributed by atoms with Crippen LogP contribution in [0.25, 0.3) is 0 Å². The molecule has 0 unspecified atom stereocenters. The zero-order valence-electron chi connectivity index (χ0n) is 17.9. The molecule has 1 aromatic carbocycles. The molecule has 2 aromatic rings. The van der Waals surface area contributed by atoms with Gasteiger partial charge in [0.25, 0.3) is 0 Å². The molecule has 0 spiro atoms. The van der Waals surface area contributed by atoms with Crippen LogP contribution in [-0.4, -0.2) is 43.2 Å². The van der Waals surface area contributed by atoms with E-state index in [1.165, 1.54) is 14.7 Å². The molecule has 1 atom stereocenters. The third kappa shape index (κ3) is 3.95. The second-order valence-corrected chi connectivity index (χ2v) is 11.6. The van der Waals surface area contributed by atoms with Crippen molar-refractivity contribution in [2.24, 2.45) is 5.92 Å². The first kappa shape index (κ1) is 21.5. The van der Waals surface area contributed by atoms with Crippen LogP contribution in [0.4, 0.5) is 0 Å². The summed E-state index contributed by atoms with van der Waals surface area (Å²) in [5.74, 6) is 0.450. The minimum Gasteiger partial charge on any atom is -0.335 e. The van der Waals surface area contributed by atoms with Crippen molar-refractivity contribution in [1.29, 1.82) is 0 Å². The van der Waals surface area contributed by atoms with Crippen molar-refractivity contribution in [1.82, 2.24) is 9.21 Å². The largest absolute Gasteiger partial charge is 0.335 e. The van der Waals surface area contributed by atoms with Crippen LogP contribution >= 0.6 is 11.3 Å². The zero-order valence-corrected chi connectivity index (χ0v) is 19.5. The fraction of sp³-hybridized carbons (Fsp3) is 0.522. The smallest absolute Gasteiger partial charge is 0.243 e. The molecule has 1 fully saturated rings. The minimum absolute atomic E-state index is 0.0950. The number of carbonyl (C=O) groups is 1. The molecule has 162 valence electrons. The molecule has 0 bridgehead atoms. The summed E-state index contributed by atoms with van der Waals surface area (Å²) < 4.78 is 27.6. The van der Waals surface area contributed by atoms with Gasteiger partial charge in [0.15, 0.2) is 0 Å². The van der Waals surface area contributed by atoms with Gasteiger partial charge in [-0.15, -0.1) is 11.3 Å². The number of piperidine rings is 1. The number of rotatable bonds is 4. The van der Waals surface area contributed by atoms with Crippen molar-refractivity contribution >= 4 is 27.3 Å². The Kier molecular flexibility index (Phi) is 6.06. The Balaban J connectivity index is 1.40. The predicted octanol–water partition coefficient (Wildman–Crippen LogP) is 4.42. The third-order valence-corrected chi connectivity index (χ3v) is 9.46. The Hall–Kier alpha value is -1.70. The maximum Gasteiger partial charge on any atom is 0.243 e. The number of nitrogens with zero attached hydrogens (tertiary/aromatic N) is 2. The molecule has 3 heterocycles. The standard InChI is InChI=1S/C23H30N2O3S2/c1-16(2)18-4-6-20(7-5-18)30(27,28)24-12-8-19(9-13-24)23(26)25-14-10-22-21(17(25)3)11-15-29-22/h4-7,11,15-17,19H,8-10,12-14H2,1-3H3/t17-/m1/s1. The van der Waals surface area contributed by atoms with Crippen molar-refractivity contribution in [2.45, 2.75) is 56.9 Å². The predicted molar refractivity (Wildman–Crippen MR) is 120 cm³/mol. The van der Waals surface area contributed by atoms with Gasteiger partial charge in [-0.25, -0.2) is 8.42 Å². The van der Waals surface area contributed by atoms with E-state index in [-0.39, 0.29) is 17.9 Å². The maximum absolute atomic E-state index is 13.2. The lowest BCUT2D eigenvalue weighted by Crippen LogP contribution is -2.46. The molecule has 1 aromatic heterocycles. The van der Waals surface area contributed by atoms with Gasteiger partial charge in [-0.1, -0.05) is 26.0 Å². The van der Waals surface area contributed by atoms with E-state index in [0.29, 0.717) is 36.7 Å². The first-order valence-corrected chi connectivity index (χ1v) is 13.1. The summed E-state index contributed by atoms with van der Waals surface area (Å²) in [6, 6.07) is 9.43. The van der Waals surface area contributed by atoms with Crippen molar-refractivity contribution < 1.29 is 13.2 Å². The summed E-state index contributed by atoms with van der Waals surface area (Å²) in [6.45, 7) is 7.84. The van der Waals surface area contributed by atoms with E-state index in [1.807, 2.05) is 17.0 Å². The van der Waals surface area contributed by atoms with E-state index < -0.39 is 10.0 Å². The highest BCUT2D eigenvalue weighted by Gasteiger charge is 2.36. The third-order valence-electron chi connectivity index (χ3n) is 6.55. The summed E-state index contributed by atoms with van der Waals surface area (Å²) in [7, 11) is -3.51. The Morgan fingerprint density at radius 3 is 2.37 bits per heavy atom. The molecule has 0 radical (unpaired) electrons. The number of amides is 1. The van der Waals surface area contributed by atoms with Gasteiger partial charge in [-0.05, 0) is 66.8 Å². The van der Waals surface area contributed by atoms with E-state index in [0.717, 1.165) is 18.5 Å². The fourth-order valence-corrected chi connectivity index (χ4v) is 6.99. The molecular weight excluding hydrogens is 416 g/mol. The molecule has 4 rings (SSSR count). The van der Waals surface area contributed by atoms with Gasteiger partial charge in [-0.2, -0.15) is 4.31 Å².